The van der Waals surface area contributed by atoms with Gasteiger partial charge in [0.25, 0.3) is 5.91 Å². The van der Waals surface area contributed by atoms with Gasteiger partial charge >= 0.3 is 0 Å². The van der Waals surface area contributed by atoms with Crippen molar-refractivity contribution in [2.24, 2.45) is 0 Å². The highest BCUT2D eigenvalue weighted by atomic mass is 35.5. The number of hydrogen-bond acceptors (Lipinski definition) is 5. The Bertz CT molecular complexity index is 1380. The maximum absolute atomic E-state index is 13.0. The normalized spacial score (nSPS) is 19.5. The zero-order valence-electron chi connectivity index (χ0n) is 22.0. The third-order valence-electron chi connectivity index (χ3n) is 7.76. The van der Waals surface area contributed by atoms with Gasteiger partial charge in [-0.05, 0) is 73.4 Å². The molecule has 2 aliphatic heterocycles. The van der Waals surface area contributed by atoms with E-state index in [0.717, 1.165) is 42.7 Å². The number of carbonyl (C=O) groups excluding carboxylic acids is 1. The second-order valence-corrected chi connectivity index (χ2v) is 11.5. The van der Waals surface area contributed by atoms with E-state index < -0.39 is 5.60 Å². The number of nitriles is 1. The highest BCUT2D eigenvalue weighted by molar-refractivity contribution is 6.33. The number of β-amino-alcohol motifs (C(OH)–C–C–N with tert-alkyl or cyclic N) is 1. The first-order valence-corrected chi connectivity index (χ1v) is 14.1. The molecule has 3 aromatic rings. The average Bonchev–Trinajstić information content (AvgIpc) is 3.48. The van der Waals surface area contributed by atoms with Crippen molar-refractivity contribution < 1.29 is 9.90 Å². The second-order valence-electron chi connectivity index (χ2n) is 10.6. The summed E-state index contributed by atoms with van der Waals surface area (Å²) < 4.78 is 0. The Hall–Kier alpha value is -3.08. The van der Waals surface area contributed by atoms with Crippen LogP contribution in [-0.4, -0.2) is 60.1 Å². The molecule has 8 heteroatoms. The average molecular weight is 564 g/mol. The first-order valence-electron chi connectivity index (χ1n) is 13.3. The highest BCUT2D eigenvalue weighted by Crippen LogP contribution is 2.37. The van der Waals surface area contributed by atoms with Crippen LogP contribution >= 0.6 is 23.2 Å². The van der Waals surface area contributed by atoms with Gasteiger partial charge in [-0.2, -0.15) is 5.26 Å². The molecular formula is C31H32Cl2N4O2. The van der Waals surface area contributed by atoms with Crippen LogP contribution in [0.3, 0.4) is 0 Å². The van der Waals surface area contributed by atoms with E-state index in [0.29, 0.717) is 47.4 Å². The molecule has 3 aromatic carbocycles. The van der Waals surface area contributed by atoms with Crippen molar-refractivity contribution in [2.45, 2.75) is 31.4 Å². The monoisotopic (exact) mass is 562 g/mol. The fraction of sp³-hybridized carbons (Fsp3) is 0.355. The van der Waals surface area contributed by atoms with Crippen LogP contribution in [0, 0.1) is 11.3 Å². The predicted octanol–water partition coefficient (Wildman–Crippen LogP) is 5.87. The number of benzene rings is 3. The van der Waals surface area contributed by atoms with Crippen LogP contribution in [0.5, 0.6) is 0 Å². The molecule has 0 saturated carbocycles. The van der Waals surface area contributed by atoms with Crippen molar-refractivity contribution >= 4 is 34.8 Å². The van der Waals surface area contributed by atoms with Crippen LogP contribution in [0.1, 0.15) is 52.9 Å². The van der Waals surface area contributed by atoms with Gasteiger partial charge in [0.2, 0.25) is 0 Å². The lowest BCUT2D eigenvalue weighted by Crippen LogP contribution is -2.52. The standard InChI is InChI=1S/C31H32Cl2N4O2/c1-31(39,25-6-4-5-24(18-25)30(38)36-13-2-3-14-36)21-35-15-16-37(28-12-7-22(19-34)17-27(28)33)29(20-35)23-8-10-26(32)11-9-23/h4-12,17-18,29,39H,2-3,13-16,20-21H2,1H3/t29?,31-/m1/s1. The zero-order valence-corrected chi connectivity index (χ0v) is 23.5. The number of anilines is 1. The van der Waals surface area contributed by atoms with Crippen LogP contribution in [0.15, 0.2) is 66.7 Å². The summed E-state index contributed by atoms with van der Waals surface area (Å²) in [6.07, 6.45) is 2.08. The molecule has 2 atom stereocenters. The molecule has 2 heterocycles. The van der Waals surface area contributed by atoms with Gasteiger partial charge in [-0.1, -0.05) is 47.5 Å². The van der Waals surface area contributed by atoms with E-state index >= 15 is 0 Å². The number of rotatable bonds is 6. The molecule has 0 radical (unpaired) electrons. The van der Waals surface area contributed by atoms with E-state index in [1.807, 2.05) is 66.4 Å². The largest absolute Gasteiger partial charge is 0.384 e. The summed E-state index contributed by atoms with van der Waals surface area (Å²) in [6, 6.07) is 22.7. The number of carbonyl (C=O) groups is 1. The number of likely N-dealkylation sites (tertiary alicyclic amines) is 1. The first kappa shape index (κ1) is 27.5. The number of halogens is 2. The Kier molecular flexibility index (Phi) is 8.16. The van der Waals surface area contributed by atoms with Crippen LogP contribution in [-0.2, 0) is 5.60 Å². The van der Waals surface area contributed by atoms with E-state index in [-0.39, 0.29) is 11.9 Å². The minimum atomic E-state index is -1.15. The summed E-state index contributed by atoms with van der Waals surface area (Å²) in [5.41, 5.74) is 2.67. The number of aliphatic hydroxyl groups is 1. The van der Waals surface area contributed by atoms with E-state index in [1.54, 1.807) is 12.1 Å². The lowest BCUT2D eigenvalue weighted by Gasteiger charge is -2.45. The Morgan fingerprint density at radius 2 is 1.77 bits per heavy atom. The Labute approximate surface area is 240 Å². The van der Waals surface area contributed by atoms with Gasteiger partial charge in [0.15, 0.2) is 0 Å². The number of amides is 1. The van der Waals surface area contributed by atoms with Crippen LogP contribution in [0.4, 0.5) is 5.69 Å². The summed E-state index contributed by atoms with van der Waals surface area (Å²) in [4.78, 5) is 19.4. The minimum Gasteiger partial charge on any atom is -0.384 e. The van der Waals surface area contributed by atoms with Crippen molar-refractivity contribution in [3.05, 3.63) is 99.0 Å². The molecule has 1 unspecified atom stereocenters. The van der Waals surface area contributed by atoms with Gasteiger partial charge in [-0.3, -0.25) is 9.69 Å². The third-order valence-corrected chi connectivity index (χ3v) is 8.32. The topological polar surface area (TPSA) is 70.8 Å². The molecule has 0 aromatic heterocycles. The molecule has 6 nitrogen and oxygen atoms in total. The molecule has 2 saturated heterocycles. The summed E-state index contributed by atoms with van der Waals surface area (Å²) in [6.45, 7) is 5.85. The van der Waals surface area contributed by atoms with E-state index in [1.165, 1.54) is 0 Å². The minimum absolute atomic E-state index is 0.0286. The van der Waals surface area contributed by atoms with Crippen molar-refractivity contribution in [2.75, 3.05) is 44.2 Å². The summed E-state index contributed by atoms with van der Waals surface area (Å²) >= 11 is 12.8. The van der Waals surface area contributed by atoms with Crippen molar-refractivity contribution in [3.8, 4) is 6.07 Å². The molecule has 5 rings (SSSR count). The smallest absolute Gasteiger partial charge is 0.253 e. The first-order chi connectivity index (χ1) is 18.7. The van der Waals surface area contributed by atoms with Crippen LogP contribution in [0.2, 0.25) is 10.0 Å². The molecule has 2 aliphatic rings. The second kappa shape index (κ2) is 11.6. The Balaban J connectivity index is 1.38. The quantitative estimate of drug-likeness (QED) is 0.406. The number of piperazine rings is 1. The molecule has 2 fully saturated rings. The van der Waals surface area contributed by atoms with Gasteiger partial charge in [-0.25, -0.2) is 0 Å². The van der Waals surface area contributed by atoms with Crippen LogP contribution in [0.25, 0.3) is 0 Å². The SMILES string of the molecule is C[C@@](O)(CN1CCN(c2ccc(C#N)cc2Cl)C(c2ccc(Cl)cc2)C1)c1cccc(C(=O)N2CCCC2)c1. The fourth-order valence-electron chi connectivity index (χ4n) is 5.67. The van der Waals surface area contributed by atoms with Crippen molar-refractivity contribution in [1.82, 2.24) is 9.80 Å². The highest BCUT2D eigenvalue weighted by Gasteiger charge is 2.34. The van der Waals surface area contributed by atoms with Crippen LogP contribution < -0.4 is 4.90 Å². The molecule has 1 N–H and O–H groups in total. The lowest BCUT2D eigenvalue weighted by atomic mass is 9.92. The molecule has 39 heavy (non-hydrogen) atoms. The fourth-order valence-corrected chi connectivity index (χ4v) is 6.08. The van der Waals surface area contributed by atoms with Crippen molar-refractivity contribution in [1.29, 1.82) is 5.26 Å². The van der Waals surface area contributed by atoms with E-state index in [2.05, 4.69) is 15.9 Å². The van der Waals surface area contributed by atoms with E-state index in [9.17, 15) is 15.2 Å². The molecule has 0 bridgehead atoms. The van der Waals surface area contributed by atoms with Gasteiger partial charge in [0.05, 0.1) is 34.0 Å². The number of nitrogens with zero attached hydrogens (tertiary/aromatic N) is 4. The van der Waals surface area contributed by atoms with E-state index in [4.69, 9.17) is 23.2 Å². The number of hydrogen-bond donors (Lipinski definition) is 1. The third kappa shape index (κ3) is 6.08. The Morgan fingerprint density at radius 3 is 2.46 bits per heavy atom. The maximum Gasteiger partial charge on any atom is 0.253 e. The molecule has 202 valence electrons. The molecule has 0 aliphatic carbocycles. The summed E-state index contributed by atoms with van der Waals surface area (Å²) in [7, 11) is 0. The van der Waals surface area contributed by atoms with Crippen molar-refractivity contribution in [3.63, 3.8) is 0 Å². The van der Waals surface area contributed by atoms with Gasteiger partial charge < -0.3 is 14.9 Å². The predicted molar refractivity (Wildman–Crippen MR) is 155 cm³/mol. The van der Waals surface area contributed by atoms with Gasteiger partial charge in [0, 0.05) is 49.9 Å². The maximum atomic E-state index is 13.0. The Morgan fingerprint density at radius 1 is 1.03 bits per heavy atom. The van der Waals surface area contributed by atoms with Gasteiger partial charge in [-0.15, -0.1) is 0 Å². The summed E-state index contributed by atoms with van der Waals surface area (Å²) in [5, 5.41) is 22.1. The van der Waals surface area contributed by atoms with Gasteiger partial charge in [0.1, 0.15) is 0 Å². The molecular weight excluding hydrogens is 531 g/mol. The lowest BCUT2D eigenvalue weighted by molar-refractivity contribution is 0.0102. The molecule has 0 spiro atoms. The molecule has 1 amide bonds. The summed E-state index contributed by atoms with van der Waals surface area (Å²) in [5.74, 6) is 0.0286. The zero-order chi connectivity index (χ0) is 27.6.